The van der Waals surface area contributed by atoms with Gasteiger partial charge < -0.3 is 4.74 Å². The number of carbonyl (C=O) groups is 1. The molecule has 0 aliphatic rings. The molecule has 0 bridgehead atoms. The van der Waals surface area contributed by atoms with Crippen LogP contribution in [0, 0.1) is 5.92 Å². The molecule has 0 aliphatic carbocycles. The van der Waals surface area contributed by atoms with Crippen molar-refractivity contribution in [2.24, 2.45) is 5.92 Å². The summed E-state index contributed by atoms with van der Waals surface area (Å²) in [5.74, 6) is -0.109. The molecule has 14 heavy (non-hydrogen) atoms. The highest BCUT2D eigenvalue weighted by molar-refractivity contribution is 7.07. The molecule has 0 amide bonds. The number of hydrogen-bond donors (Lipinski definition) is 0. The van der Waals surface area contributed by atoms with Crippen LogP contribution in [0.2, 0.25) is 0 Å². The average Bonchev–Trinajstić information content (AvgIpc) is 2.69. The zero-order chi connectivity index (χ0) is 10.6. The molecule has 2 atom stereocenters. The first-order chi connectivity index (χ1) is 6.65. The van der Waals surface area contributed by atoms with Crippen molar-refractivity contribution in [2.75, 3.05) is 0 Å². The Morgan fingerprint density at radius 3 is 2.79 bits per heavy atom. The maximum absolute atomic E-state index is 11.5. The lowest BCUT2D eigenvalue weighted by Crippen LogP contribution is -2.15. The second-order valence-electron chi connectivity index (χ2n) is 3.45. The lowest BCUT2D eigenvalue weighted by molar-refractivity contribution is -0.153. The predicted octanol–water partition coefficient (Wildman–Crippen LogP) is 3.40. The molecule has 3 heteroatoms. The third-order valence-electron chi connectivity index (χ3n) is 2.32. The molecule has 0 N–H and O–H groups in total. The summed E-state index contributed by atoms with van der Waals surface area (Å²) in [7, 11) is 0. The summed E-state index contributed by atoms with van der Waals surface area (Å²) in [5.41, 5.74) is 1.08. The van der Waals surface area contributed by atoms with E-state index < -0.39 is 0 Å². The zero-order valence-corrected chi connectivity index (χ0v) is 9.64. The van der Waals surface area contributed by atoms with Crippen molar-refractivity contribution in [3.05, 3.63) is 22.4 Å². The van der Waals surface area contributed by atoms with Crippen molar-refractivity contribution in [2.45, 2.75) is 33.3 Å². The number of hydrogen-bond acceptors (Lipinski definition) is 3. The van der Waals surface area contributed by atoms with Crippen molar-refractivity contribution in [3.8, 4) is 0 Å². The van der Waals surface area contributed by atoms with Crippen molar-refractivity contribution in [1.82, 2.24) is 0 Å². The second-order valence-corrected chi connectivity index (χ2v) is 4.23. The van der Waals surface area contributed by atoms with Gasteiger partial charge in [-0.3, -0.25) is 4.79 Å². The number of carbonyl (C=O) groups excluding carboxylic acids is 1. The highest BCUT2D eigenvalue weighted by Crippen LogP contribution is 2.21. The van der Waals surface area contributed by atoms with E-state index in [4.69, 9.17) is 4.74 Å². The third-order valence-corrected chi connectivity index (χ3v) is 3.02. The summed E-state index contributed by atoms with van der Waals surface area (Å²) in [6.45, 7) is 5.78. The van der Waals surface area contributed by atoms with Crippen LogP contribution in [0.3, 0.4) is 0 Å². The second kappa shape index (κ2) is 5.15. The Labute approximate surface area is 88.9 Å². The number of thiophene rings is 1. The van der Waals surface area contributed by atoms with Crippen LogP contribution < -0.4 is 0 Å². The first-order valence-corrected chi connectivity index (χ1v) is 5.82. The summed E-state index contributed by atoms with van der Waals surface area (Å²) in [5, 5.41) is 4.00. The van der Waals surface area contributed by atoms with E-state index in [1.165, 1.54) is 0 Å². The Bertz CT molecular complexity index is 279. The monoisotopic (exact) mass is 212 g/mol. The van der Waals surface area contributed by atoms with Gasteiger partial charge in [0.05, 0.1) is 5.92 Å². The summed E-state index contributed by atoms with van der Waals surface area (Å²) in [6, 6.07) is 1.99. The zero-order valence-electron chi connectivity index (χ0n) is 8.82. The van der Waals surface area contributed by atoms with Gasteiger partial charge in [-0.05, 0) is 30.2 Å². The van der Waals surface area contributed by atoms with E-state index in [0.29, 0.717) is 0 Å². The Balaban J connectivity index is 2.49. The van der Waals surface area contributed by atoms with Gasteiger partial charge in [0.2, 0.25) is 0 Å². The van der Waals surface area contributed by atoms with E-state index in [2.05, 4.69) is 0 Å². The topological polar surface area (TPSA) is 26.3 Å². The minimum Gasteiger partial charge on any atom is -0.458 e. The normalized spacial score (nSPS) is 14.8. The molecule has 1 aromatic rings. The molecule has 0 aromatic carbocycles. The highest BCUT2D eigenvalue weighted by atomic mass is 32.1. The van der Waals surface area contributed by atoms with Crippen molar-refractivity contribution >= 4 is 17.3 Å². The van der Waals surface area contributed by atoms with Crippen molar-refractivity contribution in [1.29, 1.82) is 0 Å². The fourth-order valence-electron chi connectivity index (χ4n) is 1.03. The van der Waals surface area contributed by atoms with Gasteiger partial charge in [0.25, 0.3) is 0 Å². The fraction of sp³-hybridized carbons (Fsp3) is 0.545. The van der Waals surface area contributed by atoms with Gasteiger partial charge in [0, 0.05) is 5.56 Å². The molecule has 1 aromatic heterocycles. The number of ether oxygens (including phenoxy) is 1. The van der Waals surface area contributed by atoms with Gasteiger partial charge in [-0.25, -0.2) is 0 Å². The Morgan fingerprint density at radius 2 is 2.29 bits per heavy atom. The van der Waals surface area contributed by atoms with Gasteiger partial charge in [0.15, 0.2) is 0 Å². The lowest BCUT2D eigenvalue weighted by Gasteiger charge is -2.14. The molecule has 1 heterocycles. The van der Waals surface area contributed by atoms with Crippen LogP contribution in [0.25, 0.3) is 0 Å². The number of rotatable bonds is 4. The lowest BCUT2D eigenvalue weighted by atomic mass is 10.1. The van der Waals surface area contributed by atoms with Crippen LogP contribution in [0.15, 0.2) is 16.8 Å². The minimum atomic E-state index is -0.122. The molecule has 2 nitrogen and oxygen atoms in total. The maximum atomic E-state index is 11.5. The smallest absolute Gasteiger partial charge is 0.309 e. The Kier molecular flexibility index (Phi) is 4.14. The fourth-order valence-corrected chi connectivity index (χ4v) is 1.77. The largest absolute Gasteiger partial charge is 0.458 e. The molecular weight excluding hydrogens is 196 g/mol. The van der Waals surface area contributed by atoms with Gasteiger partial charge in [-0.15, -0.1) is 0 Å². The van der Waals surface area contributed by atoms with Gasteiger partial charge in [0.1, 0.15) is 6.10 Å². The first kappa shape index (κ1) is 11.2. The molecule has 0 radical (unpaired) electrons. The molecule has 0 fully saturated rings. The predicted molar refractivity (Wildman–Crippen MR) is 58.3 cm³/mol. The maximum Gasteiger partial charge on any atom is 0.309 e. The van der Waals surface area contributed by atoms with Crippen LogP contribution in [-0.2, 0) is 9.53 Å². The van der Waals surface area contributed by atoms with Gasteiger partial charge in [-0.1, -0.05) is 13.8 Å². The van der Waals surface area contributed by atoms with E-state index in [1.54, 1.807) is 11.3 Å². The van der Waals surface area contributed by atoms with E-state index in [1.807, 2.05) is 37.6 Å². The Morgan fingerprint density at radius 1 is 1.57 bits per heavy atom. The van der Waals surface area contributed by atoms with E-state index in [-0.39, 0.29) is 18.0 Å². The van der Waals surface area contributed by atoms with Crippen LogP contribution >= 0.6 is 11.3 Å². The molecule has 0 saturated carbocycles. The van der Waals surface area contributed by atoms with E-state index in [0.717, 1.165) is 12.0 Å². The van der Waals surface area contributed by atoms with Crippen molar-refractivity contribution in [3.63, 3.8) is 0 Å². The molecule has 0 spiro atoms. The minimum absolute atomic E-state index is 0.00362. The third kappa shape index (κ3) is 2.84. The summed E-state index contributed by atoms with van der Waals surface area (Å²) >= 11 is 1.62. The van der Waals surface area contributed by atoms with Gasteiger partial charge in [-0.2, -0.15) is 11.3 Å². The molecule has 0 saturated heterocycles. The summed E-state index contributed by atoms with van der Waals surface area (Å²) in [6.07, 6.45) is 0.706. The standard InChI is InChI=1S/C11H16O2S/c1-4-8(2)11(12)13-9(3)10-5-6-14-7-10/h5-9H,4H2,1-3H3. The number of esters is 1. The Hall–Kier alpha value is -0.830. The van der Waals surface area contributed by atoms with E-state index >= 15 is 0 Å². The first-order valence-electron chi connectivity index (χ1n) is 4.87. The average molecular weight is 212 g/mol. The SMILES string of the molecule is CCC(C)C(=O)OC(C)c1ccsc1. The van der Waals surface area contributed by atoms with Gasteiger partial charge >= 0.3 is 5.97 Å². The van der Waals surface area contributed by atoms with Crippen molar-refractivity contribution < 1.29 is 9.53 Å². The quantitative estimate of drug-likeness (QED) is 0.715. The van der Waals surface area contributed by atoms with Crippen LogP contribution in [-0.4, -0.2) is 5.97 Å². The van der Waals surface area contributed by atoms with E-state index in [9.17, 15) is 4.79 Å². The summed E-state index contributed by atoms with van der Waals surface area (Å²) < 4.78 is 5.32. The summed E-state index contributed by atoms with van der Waals surface area (Å²) in [4.78, 5) is 11.5. The molecule has 0 aliphatic heterocycles. The molecule has 1 rings (SSSR count). The van der Waals surface area contributed by atoms with Crippen LogP contribution in [0.5, 0.6) is 0 Å². The van der Waals surface area contributed by atoms with Crippen LogP contribution in [0.4, 0.5) is 0 Å². The van der Waals surface area contributed by atoms with Crippen LogP contribution in [0.1, 0.15) is 38.9 Å². The highest BCUT2D eigenvalue weighted by Gasteiger charge is 2.16. The molecule has 2 unspecified atom stereocenters. The molecular formula is C11H16O2S. The molecule has 78 valence electrons.